The fourth-order valence-corrected chi connectivity index (χ4v) is 0.824. The van der Waals surface area contributed by atoms with E-state index in [1.165, 1.54) is 6.92 Å². The molecular formula is C8H16N2O3. The monoisotopic (exact) mass is 188 g/mol. The standard InChI is InChI=1S/C8H16N2O3/c1-3-4-6(9)7(11)10-5(2)8(12)13/h5-6H,3-4,9H2,1-2H3,(H,10,11)(H,12,13)/t5-,6-/m0/s1. The van der Waals surface area contributed by atoms with Gasteiger partial charge in [-0.15, -0.1) is 0 Å². The predicted molar refractivity (Wildman–Crippen MR) is 48.1 cm³/mol. The molecule has 0 rings (SSSR count). The normalized spacial score (nSPS) is 14.7. The average molecular weight is 188 g/mol. The molecule has 5 nitrogen and oxygen atoms in total. The lowest BCUT2D eigenvalue weighted by molar-refractivity contribution is -0.141. The first-order valence-corrected chi connectivity index (χ1v) is 4.27. The molecule has 0 aliphatic heterocycles. The van der Waals surface area contributed by atoms with E-state index in [0.717, 1.165) is 6.42 Å². The zero-order chi connectivity index (χ0) is 10.4. The van der Waals surface area contributed by atoms with Crippen LogP contribution in [0.2, 0.25) is 0 Å². The van der Waals surface area contributed by atoms with Crippen LogP contribution in [0.5, 0.6) is 0 Å². The van der Waals surface area contributed by atoms with Crippen molar-refractivity contribution in [1.29, 1.82) is 0 Å². The fourth-order valence-electron chi connectivity index (χ4n) is 0.824. The van der Waals surface area contributed by atoms with Crippen LogP contribution in [0.4, 0.5) is 0 Å². The smallest absolute Gasteiger partial charge is 0.325 e. The van der Waals surface area contributed by atoms with E-state index in [1.807, 2.05) is 6.92 Å². The van der Waals surface area contributed by atoms with Crippen molar-refractivity contribution >= 4 is 11.9 Å². The number of rotatable bonds is 5. The first-order chi connectivity index (χ1) is 5.99. The second-order valence-corrected chi connectivity index (χ2v) is 2.96. The zero-order valence-electron chi connectivity index (χ0n) is 7.91. The lowest BCUT2D eigenvalue weighted by Crippen LogP contribution is -2.47. The molecule has 1 amide bonds. The molecule has 0 saturated heterocycles. The molecule has 0 aromatic heterocycles. The Hall–Kier alpha value is -1.10. The molecule has 13 heavy (non-hydrogen) atoms. The quantitative estimate of drug-likeness (QED) is 0.552. The van der Waals surface area contributed by atoms with Crippen LogP contribution in [-0.4, -0.2) is 29.1 Å². The van der Waals surface area contributed by atoms with E-state index >= 15 is 0 Å². The van der Waals surface area contributed by atoms with Crippen molar-refractivity contribution in [3.8, 4) is 0 Å². The molecule has 0 spiro atoms. The minimum absolute atomic E-state index is 0.406. The minimum atomic E-state index is -1.06. The number of hydrogen-bond acceptors (Lipinski definition) is 3. The van der Waals surface area contributed by atoms with Crippen LogP contribution in [0.3, 0.4) is 0 Å². The molecule has 0 aliphatic carbocycles. The SMILES string of the molecule is CCC[C@H](N)C(=O)N[C@@H](C)C(=O)O. The van der Waals surface area contributed by atoms with Crippen LogP contribution in [0.15, 0.2) is 0 Å². The summed E-state index contributed by atoms with van der Waals surface area (Å²) in [5, 5.41) is 10.8. The van der Waals surface area contributed by atoms with Crippen molar-refractivity contribution in [2.24, 2.45) is 5.73 Å². The van der Waals surface area contributed by atoms with Gasteiger partial charge in [0, 0.05) is 0 Å². The summed E-state index contributed by atoms with van der Waals surface area (Å²) in [6.45, 7) is 3.31. The minimum Gasteiger partial charge on any atom is -0.480 e. The van der Waals surface area contributed by atoms with Gasteiger partial charge in [0.2, 0.25) is 5.91 Å². The summed E-state index contributed by atoms with van der Waals surface area (Å²) in [5.74, 6) is -1.46. The molecule has 0 aliphatic rings. The molecule has 0 fully saturated rings. The van der Waals surface area contributed by atoms with Crippen molar-refractivity contribution in [3.05, 3.63) is 0 Å². The van der Waals surface area contributed by atoms with Gasteiger partial charge in [-0.25, -0.2) is 0 Å². The van der Waals surface area contributed by atoms with Gasteiger partial charge in [-0.05, 0) is 13.3 Å². The number of aliphatic carboxylic acids is 1. The number of hydrogen-bond donors (Lipinski definition) is 3. The van der Waals surface area contributed by atoms with Crippen molar-refractivity contribution in [3.63, 3.8) is 0 Å². The maximum Gasteiger partial charge on any atom is 0.325 e. The molecule has 2 atom stereocenters. The summed E-state index contributed by atoms with van der Waals surface area (Å²) < 4.78 is 0. The molecule has 0 aromatic rings. The lowest BCUT2D eigenvalue weighted by Gasteiger charge is -2.13. The third kappa shape index (κ3) is 4.47. The Balaban J connectivity index is 3.92. The van der Waals surface area contributed by atoms with E-state index in [2.05, 4.69) is 5.32 Å². The van der Waals surface area contributed by atoms with Gasteiger partial charge in [0.05, 0.1) is 6.04 Å². The number of carboxylic acid groups (broad SMARTS) is 1. The number of amides is 1. The Morgan fingerprint density at radius 3 is 2.46 bits per heavy atom. The van der Waals surface area contributed by atoms with Gasteiger partial charge < -0.3 is 16.2 Å². The highest BCUT2D eigenvalue weighted by atomic mass is 16.4. The first-order valence-electron chi connectivity index (χ1n) is 4.27. The first kappa shape index (κ1) is 11.9. The van der Waals surface area contributed by atoms with Crippen LogP contribution in [-0.2, 0) is 9.59 Å². The third-order valence-electron chi connectivity index (χ3n) is 1.67. The summed E-state index contributed by atoms with van der Waals surface area (Å²) in [6, 6.07) is -1.48. The molecule has 0 bridgehead atoms. The number of carboxylic acids is 1. The summed E-state index contributed by atoms with van der Waals surface area (Å²) >= 11 is 0. The van der Waals surface area contributed by atoms with Crippen molar-refractivity contribution in [2.45, 2.75) is 38.8 Å². The van der Waals surface area contributed by atoms with Crippen LogP contribution >= 0.6 is 0 Å². The summed E-state index contributed by atoms with van der Waals surface area (Å²) in [5.41, 5.74) is 5.47. The lowest BCUT2D eigenvalue weighted by atomic mass is 10.1. The van der Waals surface area contributed by atoms with Gasteiger partial charge in [0.1, 0.15) is 6.04 Å². The van der Waals surface area contributed by atoms with Crippen molar-refractivity contribution < 1.29 is 14.7 Å². The van der Waals surface area contributed by atoms with Crippen molar-refractivity contribution in [2.75, 3.05) is 0 Å². The average Bonchev–Trinajstić information content (AvgIpc) is 2.04. The van der Waals surface area contributed by atoms with Crippen LogP contribution in [0.1, 0.15) is 26.7 Å². The van der Waals surface area contributed by atoms with Gasteiger partial charge in [-0.1, -0.05) is 13.3 Å². The van der Waals surface area contributed by atoms with E-state index in [0.29, 0.717) is 6.42 Å². The summed E-state index contributed by atoms with van der Waals surface area (Å²) in [7, 11) is 0. The Labute approximate surface area is 77.3 Å². The van der Waals surface area contributed by atoms with E-state index in [1.54, 1.807) is 0 Å². The highest BCUT2D eigenvalue weighted by Gasteiger charge is 2.18. The highest BCUT2D eigenvalue weighted by Crippen LogP contribution is 1.93. The van der Waals surface area contributed by atoms with Crippen LogP contribution in [0, 0.1) is 0 Å². The molecule has 0 radical (unpaired) electrons. The number of carbonyl (C=O) groups excluding carboxylic acids is 1. The Morgan fingerprint density at radius 2 is 2.08 bits per heavy atom. The molecule has 0 unspecified atom stereocenters. The second kappa shape index (κ2) is 5.53. The maximum absolute atomic E-state index is 11.1. The predicted octanol–water partition coefficient (Wildman–Crippen LogP) is -0.297. The number of nitrogens with two attached hydrogens (primary N) is 1. The molecule has 5 heteroatoms. The van der Waals surface area contributed by atoms with Gasteiger partial charge in [0.15, 0.2) is 0 Å². The second-order valence-electron chi connectivity index (χ2n) is 2.96. The third-order valence-corrected chi connectivity index (χ3v) is 1.67. The molecule has 0 aromatic carbocycles. The van der Waals surface area contributed by atoms with Crippen LogP contribution < -0.4 is 11.1 Å². The zero-order valence-corrected chi connectivity index (χ0v) is 7.91. The van der Waals surface area contributed by atoms with Gasteiger partial charge in [0.25, 0.3) is 0 Å². The summed E-state index contributed by atoms with van der Waals surface area (Å²) in [6.07, 6.45) is 1.37. The van der Waals surface area contributed by atoms with Gasteiger partial charge in [-0.2, -0.15) is 0 Å². The maximum atomic E-state index is 11.1. The fraction of sp³-hybridized carbons (Fsp3) is 0.750. The van der Waals surface area contributed by atoms with Crippen LogP contribution in [0.25, 0.3) is 0 Å². The molecule has 4 N–H and O–H groups in total. The van der Waals surface area contributed by atoms with E-state index in [9.17, 15) is 9.59 Å². The number of carbonyl (C=O) groups is 2. The Kier molecular flexibility index (Phi) is 5.06. The molecule has 0 saturated carbocycles. The van der Waals surface area contributed by atoms with Crippen molar-refractivity contribution in [1.82, 2.24) is 5.32 Å². The molecule has 76 valence electrons. The highest BCUT2D eigenvalue weighted by molar-refractivity contribution is 5.86. The molecular weight excluding hydrogens is 172 g/mol. The van der Waals surface area contributed by atoms with Gasteiger partial charge in [-0.3, -0.25) is 9.59 Å². The van der Waals surface area contributed by atoms with E-state index in [4.69, 9.17) is 10.8 Å². The Bertz CT molecular complexity index is 194. The van der Waals surface area contributed by atoms with E-state index < -0.39 is 24.0 Å². The Morgan fingerprint density at radius 1 is 1.54 bits per heavy atom. The molecule has 0 heterocycles. The van der Waals surface area contributed by atoms with E-state index in [-0.39, 0.29) is 0 Å². The topological polar surface area (TPSA) is 92.4 Å². The van der Waals surface area contributed by atoms with Gasteiger partial charge >= 0.3 is 5.97 Å². The summed E-state index contributed by atoms with van der Waals surface area (Å²) in [4.78, 5) is 21.5. The number of nitrogens with one attached hydrogen (secondary N) is 1. The largest absolute Gasteiger partial charge is 0.480 e.